The van der Waals surface area contributed by atoms with Crippen LogP contribution in [0, 0.1) is 0 Å². The topological polar surface area (TPSA) is 61.8 Å². The summed E-state index contributed by atoms with van der Waals surface area (Å²) in [4.78, 5) is 13.3. The maximum Gasteiger partial charge on any atom is 0.245 e. The monoisotopic (exact) mass is 292 g/mol. The average Bonchev–Trinajstić information content (AvgIpc) is 3.00. The SMILES string of the molecule is O=C(CO)NCCCOc1cccc(CN2CCCC2)c1. The standard InChI is InChI=1S/C16H24N2O3/c19-13-16(20)17-7-4-10-21-15-6-3-5-14(11-15)12-18-8-1-2-9-18/h3,5-6,11,19H,1-2,4,7-10,12-13H2,(H,17,20). The molecule has 1 aliphatic heterocycles. The van der Waals surface area contributed by atoms with Crippen LogP contribution in [-0.2, 0) is 11.3 Å². The van der Waals surface area contributed by atoms with Gasteiger partial charge in [0.05, 0.1) is 6.61 Å². The molecule has 0 aliphatic carbocycles. The van der Waals surface area contributed by atoms with Crippen LogP contribution in [0.1, 0.15) is 24.8 Å². The molecule has 1 aromatic rings. The molecule has 2 N–H and O–H groups in total. The Morgan fingerprint density at radius 3 is 2.90 bits per heavy atom. The molecule has 0 saturated carbocycles. The van der Waals surface area contributed by atoms with Crippen LogP contribution in [-0.4, -0.2) is 48.8 Å². The zero-order valence-corrected chi connectivity index (χ0v) is 12.4. The minimum absolute atomic E-state index is 0.345. The number of hydrogen-bond acceptors (Lipinski definition) is 4. The molecule has 1 saturated heterocycles. The Kier molecular flexibility index (Phi) is 6.50. The van der Waals surface area contributed by atoms with E-state index in [0.29, 0.717) is 13.2 Å². The fourth-order valence-corrected chi connectivity index (χ4v) is 2.48. The van der Waals surface area contributed by atoms with Gasteiger partial charge in [-0.15, -0.1) is 0 Å². The van der Waals surface area contributed by atoms with Gasteiger partial charge in [0.25, 0.3) is 0 Å². The number of carbonyl (C=O) groups is 1. The number of carbonyl (C=O) groups excluding carboxylic acids is 1. The smallest absolute Gasteiger partial charge is 0.245 e. The molecule has 5 nitrogen and oxygen atoms in total. The summed E-state index contributed by atoms with van der Waals surface area (Å²) in [6.45, 7) is 3.99. The highest BCUT2D eigenvalue weighted by Gasteiger charge is 2.11. The minimum atomic E-state index is -0.459. The fraction of sp³-hybridized carbons (Fsp3) is 0.562. The first-order chi connectivity index (χ1) is 10.3. The summed E-state index contributed by atoms with van der Waals surface area (Å²) in [5.74, 6) is 0.530. The van der Waals surface area contributed by atoms with Crippen molar-refractivity contribution in [2.75, 3.05) is 32.8 Å². The number of nitrogens with zero attached hydrogens (tertiary/aromatic N) is 1. The number of nitrogens with one attached hydrogen (secondary N) is 1. The van der Waals surface area contributed by atoms with Gasteiger partial charge in [0, 0.05) is 13.1 Å². The number of likely N-dealkylation sites (tertiary alicyclic amines) is 1. The Bertz CT molecular complexity index is 445. The summed E-state index contributed by atoms with van der Waals surface area (Å²) in [7, 11) is 0. The van der Waals surface area contributed by atoms with Gasteiger partial charge in [-0.05, 0) is 50.0 Å². The molecule has 0 unspecified atom stereocenters. The van der Waals surface area contributed by atoms with Crippen molar-refractivity contribution in [3.63, 3.8) is 0 Å². The molecule has 0 atom stereocenters. The number of hydrogen-bond donors (Lipinski definition) is 2. The molecule has 1 heterocycles. The van der Waals surface area contributed by atoms with E-state index in [1.165, 1.54) is 31.5 Å². The van der Waals surface area contributed by atoms with Crippen LogP contribution < -0.4 is 10.1 Å². The summed E-state index contributed by atoms with van der Waals surface area (Å²) in [6.07, 6.45) is 3.33. The lowest BCUT2D eigenvalue weighted by Gasteiger charge is -2.15. The predicted molar refractivity (Wildman–Crippen MR) is 81.2 cm³/mol. The summed E-state index contributed by atoms with van der Waals surface area (Å²) in [6, 6.07) is 8.20. The number of ether oxygens (including phenoxy) is 1. The van der Waals surface area contributed by atoms with Gasteiger partial charge in [-0.25, -0.2) is 0 Å². The molecule has 5 heteroatoms. The molecule has 21 heavy (non-hydrogen) atoms. The van der Waals surface area contributed by atoms with Crippen molar-refractivity contribution in [1.82, 2.24) is 10.2 Å². The van der Waals surface area contributed by atoms with Gasteiger partial charge in [0.15, 0.2) is 0 Å². The molecule has 1 amide bonds. The van der Waals surface area contributed by atoms with Gasteiger partial charge < -0.3 is 15.2 Å². The van der Waals surface area contributed by atoms with Crippen LogP contribution in [0.2, 0.25) is 0 Å². The Labute approximate surface area is 125 Å². The first-order valence-corrected chi connectivity index (χ1v) is 7.59. The molecule has 116 valence electrons. The predicted octanol–water partition coefficient (Wildman–Crippen LogP) is 1.16. The van der Waals surface area contributed by atoms with Gasteiger partial charge in [-0.2, -0.15) is 0 Å². The van der Waals surface area contributed by atoms with Crippen LogP contribution in [0.25, 0.3) is 0 Å². The van der Waals surface area contributed by atoms with Crippen LogP contribution in [0.4, 0.5) is 0 Å². The Balaban J connectivity index is 1.69. The highest BCUT2D eigenvalue weighted by Crippen LogP contribution is 2.17. The van der Waals surface area contributed by atoms with E-state index in [4.69, 9.17) is 9.84 Å². The molecule has 0 aromatic heterocycles. The molecule has 2 rings (SSSR count). The second-order valence-electron chi connectivity index (χ2n) is 5.34. The van der Waals surface area contributed by atoms with E-state index in [1.54, 1.807) is 0 Å². The van der Waals surface area contributed by atoms with Crippen molar-refractivity contribution in [3.8, 4) is 5.75 Å². The molecule has 0 bridgehead atoms. The van der Waals surface area contributed by atoms with Crippen LogP contribution in [0.5, 0.6) is 5.75 Å². The third kappa shape index (κ3) is 5.73. The molecular weight excluding hydrogens is 268 g/mol. The van der Waals surface area contributed by atoms with Crippen LogP contribution >= 0.6 is 0 Å². The minimum Gasteiger partial charge on any atom is -0.494 e. The van der Waals surface area contributed by atoms with Gasteiger partial charge >= 0.3 is 0 Å². The Morgan fingerprint density at radius 2 is 2.14 bits per heavy atom. The molecule has 1 aromatic carbocycles. The van der Waals surface area contributed by atoms with E-state index in [9.17, 15) is 4.79 Å². The number of amides is 1. The zero-order valence-electron chi connectivity index (χ0n) is 12.4. The molecule has 0 spiro atoms. The molecular formula is C16H24N2O3. The molecule has 1 aliphatic rings. The zero-order chi connectivity index (χ0) is 14.9. The highest BCUT2D eigenvalue weighted by atomic mass is 16.5. The largest absolute Gasteiger partial charge is 0.494 e. The van der Waals surface area contributed by atoms with Crippen molar-refractivity contribution >= 4 is 5.91 Å². The van der Waals surface area contributed by atoms with E-state index in [-0.39, 0.29) is 5.91 Å². The third-order valence-corrected chi connectivity index (χ3v) is 3.56. The number of benzene rings is 1. The second kappa shape index (κ2) is 8.64. The quantitative estimate of drug-likeness (QED) is 0.706. The molecule has 0 radical (unpaired) electrons. The highest BCUT2D eigenvalue weighted by molar-refractivity contribution is 5.76. The van der Waals surface area contributed by atoms with E-state index in [2.05, 4.69) is 22.3 Å². The normalized spacial score (nSPS) is 15.1. The summed E-state index contributed by atoms with van der Waals surface area (Å²) in [5, 5.41) is 11.2. The maximum absolute atomic E-state index is 10.8. The lowest BCUT2D eigenvalue weighted by atomic mass is 10.2. The van der Waals surface area contributed by atoms with Gasteiger partial charge in [0.1, 0.15) is 12.4 Å². The van der Waals surface area contributed by atoms with E-state index in [1.807, 2.05) is 12.1 Å². The van der Waals surface area contributed by atoms with Crippen molar-refractivity contribution < 1.29 is 14.6 Å². The van der Waals surface area contributed by atoms with Gasteiger partial charge in [0.2, 0.25) is 5.91 Å². The summed E-state index contributed by atoms with van der Waals surface area (Å²) < 4.78 is 5.69. The van der Waals surface area contributed by atoms with Crippen molar-refractivity contribution in [1.29, 1.82) is 0 Å². The first-order valence-electron chi connectivity index (χ1n) is 7.59. The molecule has 1 fully saturated rings. The maximum atomic E-state index is 10.8. The van der Waals surface area contributed by atoms with Crippen molar-refractivity contribution in [3.05, 3.63) is 29.8 Å². The van der Waals surface area contributed by atoms with Crippen molar-refractivity contribution in [2.24, 2.45) is 0 Å². The van der Waals surface area contributed by atoms with Gasteiger partial charge in [-0.1, -0.05) is 12.1 Å². The lowest BCUT2D eigenvalue weighted by Crippen LogP contribution is -2.27. The van der Waals surface area contributed by atoms with E-state index < -0.39 is 6.61 Å². The average molecular weight is 292 g/mol. The Hall–Kier alpha value is -1.59. The summed E-state index contributed by atoms with van der Waals surface area (Å²) in [5.41, 5.74) is 1.28. The van der Waals surface area contributed by atoms with E-state index >= 15 is 0 Å². The lowest BCUT2D eigenvalue weighted by molar-refractivity contribution is -0.123. The first kappa shape index (κ1) is 15.8. The van der Waals surface area contributed by atoms with Crippen LogP contribution in [0.15, 0.2) is 24.3 Å². The Morgan fingerprint density at radius 1 is 1.33 bits per heavy atom. The van der Waals surface area contributed by atoms with Crippen LogP contribution in [0.3, 0.4) is 0 Å². The van der Waals surface area contributed by atoms with Crippen molar-refractivity contribution in [2.45, 2.75) is 25.8 Å². The third-order valence-electron chi connectivity index (χ3n) is 3.56. The number of rotatable bonds is 8. The number of aliphatic hydroxyl groups is 1. The van der Waals surface area contributed by atoms with E-state index in [0.717, 1.165) is 18.7 Å². The summed E-state index contributed by atoms with van der Waals surface area (Å²) >= 11 is 0. The fourth-order valence-electron chi connectivity index (χ4n) is 2.48. The number of aliphatic hydroxyl groups excluding tert-OH is 1. The van der Waals surface area contributed by atoms with Gasteiger partial charge in [-0.3, -0.25) is 9.69 Å². The second-order valence-corrected chi connectivity index (χ2v) is 5.34.